The fourth-order valence-corrected chi connectivity index (χ4v) is 1.72. The number of carbonyl (C=O) groups excluding carboxylic acids is 1. The molecule has 14 heavy (non-hydrogen) atoms. The van der Waals surface area contributed by atoms with Crippen molar-refractivity contribution >= 4 is 11.5 Å². The molecule has 1 aliphatic rings. The molecule has 3 heteroatoms. The molecule has 0 bridgehead atoms. The van der Waals surface area contributed by atoms with Gasteiger partial charge in [-0.2, -0.15) is 0 Å². The smallest absolute Gasteiger partial charge is 0.222 e. The highest BCUT2D eigenvalue weighted by molar-refractivity contribution is 6.13. The predicted molar refractivity (Wildman–Crippen MR) is 54.3 cm³/mol. The summed E-state index contributed by atoms with van der Waals surface area (Å²) in [5.41, 5.74) is -0.304. The zero-order chi connectivity index (χ0) is 10.3. The van der Waals surface area contributed by atoms with Crippen LogP contribution in [0.3, 0.4) is 0 Å². The van der Waals surface area contributed by atoms with Gasteiger partial charge in [0.15, 0.2) is 0 Å². The quantitative estimate of drug-likeness (QED) is 0.675. The molecule has 1 aliphatic heterocycles. The number of benzene rings is 1. The molecule has 1 aromatic rings. The molecule has 2 rings (SSSR count). The minimum absolute atomic E-state index is 0.314. The summed E-state index contributed by atoms with van der Waals surface area (Å²) in [4.78, 5) is 13.3. The lowest BCUT2D eigenvalue weighted by Gasteiger charge is -2.27. The molecule has 3 nitrogen and oxygen atoms in total. The summed E-state index contributed by atoms with van der Waals surface area (Å²) >= 11 is 0. The van der Waals surface area contributed by atoms with E-state index in [1.54, 1.807) is 25.2 Å². The first-order valence-corrected chi connectivity index (χ1v) is 4.35. The van der Waals surface area contributed by atoms with Crippen LogP contribution in [-0.2, 0) is 0 Å². The second-order valence-electron chi connectivity index (χ2n) is 3.34. The molecule has 1 aromatic carbocycles. The topological polar surface area (TPSA) is 40.5 Å². The second kappa shape index (κ2) is 2.69. The van der Waals surface area contributed by atoms with E-state index in [1.807, 2.05) is 6.07 Å². The summed E-state index contributed by atoms with van der Waals surface area (Å²) in [5.74, 6) is -0.314. The highest BCUT2D eigenvalue weighted by Gasteiger charge is 2.45. The van der Waals surface area contributed by atoms with Crippen LogP contribution < -0.4 is 4.90 Å². The normalized spacial score (nSPS) is 25.0. The highest BCUT2D eigenvalue weighted by Crippen LogP contribution is 2.36. The number of anilines is 1. The maximum absolute atomic E-state index is 11.8. The number of hydrogen-bond acceptors (Lipinski definition) is 3. The number of fused-ring (bicyclic) bond motifs is 1. The molecule has 0 saturated heterocycles. The van der Waals surface area contributed by atoms with Gasteiger partial charge in [-0.15, -0.1) is 0 Å². The van der Waals surface area contributed by atoms with Gasteiger partial charge < -0.3 is 10.0 Å². The molecule has 0 aliphatic carbocycles. The number of hydrogen-bond donors (Lipinski definition) is 1. The molecule has 1 atom stereocenters. The molecular formula is C11H11NO2. The van der Waals surface area contributed by atoms with Crippen LogP contribution in [-0.4, -0.2) is 23.7 Å². The lowest BCUT2D eigenvalue weighted by atomic mass is 10.1. The molecule has 0 saturated carbocycles. The van der Waals surface area contributed by atoms with Crippen LogP contribution in [0.2, 0.25) is 0 Å². The van der Waals surface area contributed by atoms with Crippen LogP contribution >= 0.6 is 0 Å². The van der Waals surface area contributed by atoms with Crippen LogP contribution in [0.25, 0.3) is 0 Å². The highest BCUT2D eigenvalue weighted by atomic mass is 16.3. The first-order valence-electron chi connectivity index (χ1n) is 4.35. The van der Waals surface area contributed by atoms with Crippen molar-refractivity contribution in [2.75, 3.05) is 11.9 Å². The Hall–Kier alpha value is -1.61. The average molecular weight is 189 g/mol. The van der Waals surface area contributed by atoms with Gasteiger partial charge in [0.2, 0.25) is 11.5 Å². The molecule has 0 fully saturated rings. The standard InChI is InChI=1S/C11H11NO2/c1-3-11(14)10(13)8-6-4-5-7-9(8)12(11)2/h3-7,14H,1H2,2H3/t11-/m0/s1. The van der Waals surface area contributed by atoms with Crippen LogP contribution in [0.4, 0.5) is 5.69 Å². The Labute approximate surface area is 82.3 Å². The van der Waals surface area contributed by atoms with Crippen molar-refractivity contribution in [3.8, 4) is 0 Å². The van der Waals surface area contributed by atoms with E-state index >= 15 is 0 Å². The molecule has 0 spiro atoms. The molecule has 1 N–H and O–H groups in total. The summed E-state index contributed by atoms with van der Waals surface area (Å²) in [6, 6.07) is 7.11. The summed E-state index contributed by atoms with van der Waals surface area (Å²) in [6.07, 6.45) is 1.26. The number of rotatable bonds is 1. The first kappa shape index (κ1) is 8.97. The van der Waals surface area contributed by atoms with Crippen molar-refractivity contribution in [3.05, 3.63) is 42.5 Å². The molecule has 0 amide bonds. The number of likely N-dealkylation sites (N-methyl/N-ethyl adjacent to an activating group) is 1. The van der Waals surface area contributed by atoms with Crippen LogP contribution in [0.15, 0.2) is 36.9 Å². The number of Topliss-reactive ketones (excluding diaryl/α,β-unsaturated/α-hetero) is 1. The lowest BCUT2D eigenvalue weighted by molar-refractivity contribution is 0.0574. The van der Waals surface area contributed by atoms with Crippen molar-refractivity contribution in [1.82, 2.24) is 0 Å². The van der Waals surface area contributed by atoms with E-state index in [0.717, 1.165) is 5.69 Å². The van der Waals surface area contributed by atoms with Crippen molar-refractivity contribution in [2.24, 2.45) is 0 Å². The van der Waals surface area contributed by atoms with Gasteiger partial charge in [0.25, 0.3) is 0 Å². The zero-order valence-corrected chi connectivity index (χ0v) is 7.90. The minimum Gasteiger partial charge on any atom is -0.361 e. The third-order valence-corrected chi connectivity index (χ3v) is 2.64. The monoisotopic (exact) mass is 189 g/mol. The maximum Gasteiger partial charge on any atom is 0.222 e. The number of para-hydroxylation sites is 1. The van der Waals surface area contributed by atoms with Crippen LogP contribution in [0.5, 0.6) is 0 Å². The number of carbonyl (C=O) groups is 1. The Morgan fingerprint density at radius 3 is 2.71 bits per heavy atom. The fourth-order valence-electron chi connectivity index (χ4n) is 1.72. The van der Waals surface area contributed by atoms with Gasteiger partial charge in [-0.3, -0.25) is 4.79 Å². The second-order valence-corrected chi connectivity index (χ2v) is 3.34. The first-order chi connectivity index (χ1) is 6.61. The predicted octanol–water partition coefficient (Wildman–Crippen LogP) is 1.19. The third-order valence-electron chi connectivity index (χ3n) is 2.64. The van der Waals surface area contributed by atoms with Gasteiger partial charge in [-0.1, -0.05) is 18.7 Å². The Morgan fingerprint density at radius 1 is 1.50 bits per heavy atom. The number of nitrogens with zero attached hydrogens (tertiary/aromatic N) is 1. The van der Waals surface area contributed by atoms with Crippen LogP contribution in [0, 0.1) is 0 Å². The van der Waals surface area contributed by atoms with E-state index in [0.29, 0.717) is 5.56 Å². The fraction of sp³-hybridized carbons (Fsp3) is 0.182. The van der Waals surface area contributed by atoms with Crippen molar-refractivity contribution in [3.63, 3.8) is 0 Å². The van der Waals surface area contributed by atoms with E-state index in [9.17, 15) is 9.90 Å². The van der Waals surface area contributed by atoms with Gasteiger partial charge >= 0.3 is 0 Å². The molecule has 0 unspecified atom stereocenters. The number of ketones is 1. The Kier molecular flexibility index (Phi) is 1.72. The Balaban J connectivity index is 2.65. The van der Waals surface area contributed by atoms with Crippen molar-refractivity contribution in [2.45, 2.75) is 5.72 Å². The van der Waals surface area contributed by atoms with E-state index in [2.05, 4.69) is 6.58 Å². The average Bonchev–Trinajstić information content (AvgIpc) is 2.43. The van der Waals surface area contributed by atoms with Crippen molar-refractivity contribution < 1.29 is 9.90 Å². The van der Waals surface area contributed by atoms with Gasteiger partial charge in [-0.25, -0.2) is 0 Å². The third kappa shape index (κ3) is 0.873. The minimum atomic E-state index is -1.58. The van der Waals surface area contributed by atoms with E-state index < -0.39 is 5.72 Å². The Bertz CT molecular complexity index is 414. The summed E-state index contributed by atoms with van der Waals surface area (Å²) < 4.78 is 0. The molecular weight excluding hydrogens is 178 g/mol. The van der Waals surface area contributed by atoms with Gasteiger partial charge in [0, 0.05) is 12.6 Å². The molecule has 72 valence electrons. The molecule has 1 heterocycles. The summed E-state index contributed by atoms with van der Waals surface area (Å²) in [7, 11) is 1.67. The molecule has 0 aromatic heterocycles. The maximum atomic E-state index is 11.8. The van der Waals surface area contributed by atoms with Crippen molar-refractivity contribution in [1.29, 1.82) is 0 Å². The van der Waals surface area contributed by atoms with E-state index in [4.69, 9.17) is 0 Å². The lowest BCUT2D eigenvalue weighted by Crippen LogP contribution is -2.46. The van der Waals surface area contributed by atoms with Gasteiger partial charge in [-0.05, 0) is 18.2 Å². The molecule has 0 radical (unpaired) electrons. The summed E-state index contributed by atoms with van der Waals surface area (Å²) in [6.45, 7) is 3.49. The summed E-state index contributed by atoms with van der Waals surface area (Å²) in [5, 5.41) is 10.0. The van der Waals surface area contributed by atoms with Crippen LogP contribution in [0.1, 0.15) is 10.4 Å². The number of aliphatic hydroxyl groups is 1. The zero-order valence-electron chi connectivity index (χ0n) is 7.90. The Morgan fingerprint density at radius 2 is 2.14 bits per heavy atom. The largest absolute Gasteiger partial charge is 0.361 e. The van der Waals surface area contributed by atoms with Gasteiger partial charge in [0.1, 0.15) is 0 Å². The van der Waals surface area contributed by atoms with Gasteiger partial charge in [0.05, 0.1) is 5.69 Å². The van der Waals surface area contributed by atoms with E-state index in [-0.39, 0.29) is 5.78 Å². The van der Waals surface area contributed by atoms with E-state index in [1.165, 1.54) is 11.0 Å². The SMILES string of the molecule is C=C[C@]1(O)C(=O)c2ccccc2N1C.